The van der Waals surface area contributed by atoms with Gasteiger partial charge in [-0.2, -0.15) is 0 Å². The van der Waals surface area contributed by atoms with Gasteiger partial charge in [-0.1, -0.05) is 35.9 Å². The first-order valence-corrected chi connectivity index (χ1v) is 7.02. The van der Waals surface area contributed by atoms with Crippen LogP contribution in [0.4, 0.5) is 0 Å². The summed E-state index contributed by atoms with van der Waals surface area (Å²) in [4.78, 5) is 8.06. The van der Waals surface area contributed by atoms with Gasteiger partial charge in [-0.25, -0.2) is 4.98 Å². The third kappa shape index (κ3) is 2.58. The molecule has 3 N–H and O–H groups in total. The highest BCUT2D eigenvalue weighted by atomic mass is 14.9. The van der Waals surface area contributed by atoms with Crippen LogP contribution in [0.2, 0.25) is 0 Å². The van der Waals surface area contributed by atoms with Gasteiger partial charge in [0.25, 0.3) is 0 Å². The highest BCUT2D eigenvalue weighted by Gasteiger charge is 2.05. The van der Waals surface area contributed by atoms with Crippen molar-refractivity contribution in [1.82, 2.24) is 9.97 Å². The van der Waals surface area contributed by atoms with Crippen molar-refractivity contribution in [2.75, 3.05) is 6.54 Å². The molecule has 1 aromatic heterocycles. The first-order valence-electron chi connectivity index (χ1n) is 7.02. The van der Waals surface area contributed by atoms with E-state index < -0.39 is 0 Å². The average Bonchev–Trinajstić information content (AvgIpc) is 2.89. The fourth-order valence-electron chi connectivity index (χ4n) is 2.37. The number of aryl methyl sites for hydroxylation is 2. The first kappa shape index (κ1) is 12.9. The van der Waals surface area contributed by atoms with Crippen molar-refractivity contribution in [2.45, 2.75) is 19.8 Å². The smallest absolute Gasteiger partial charge is 0.138 e. The molecular formula is C17H19N3. The molecule has 3 rings (SSSR count). The quantitative estimate of drug-likeness (QED) is 0.759. The Balaban J connectivity index is 1.95. The van der Waals surface area contributed by atoms with Gasteiger partial charge in [-0.15, -0.1) is 0 Å². The second kappa shape index (κ2) is 5.47. The number of fused-ring (bicyclic) bond motifs is 1. The van der Waals surface area contributed by atoms with Gasteiger partial charge in [0.2, 0.25) is 0 Å². The summed E-state index contributed by atoms with van der Waals surface area (Å²) >= 11 is 0. The second-order valence-corrected chi connectivity index (χ2v) is 5.20. The molecule has 3 nitrogen and oxygen atoms in total. The molecule has 0 aliphatic rings. The minimum Gasteiger partial charge on any atom is -0.338 e. The van der Waals surface area contributed by atoms with Gasteiger partial charge in [-0.05, 0) is 44.0 Å². The summed E-state index contributed by atoms with van der Waals surface area (Å²) in [6, 6.07) is 14.8. The Morgan fingerprint density at radius 1 is 1.10 bits per heavy atom. The normalized spacial score (nSPS) is 11.1. The Morgan fingerprint density at radius 2 is 1.90 bits per heavy atom. The topological polar surface area (TPSA) is 54.7 Å². The van der Waals surface area contributed by atoms with Crippen LogP contribution in [0.1, 0.15) is 17.5 Å². The zero-order chi connectivity index (χ0) is 13.9. The monoisotopic (exact) mass is 265 g/mol. The number of hydrogen-bond acceptors (Lipinski definition) is 2. The molecule has 102 valence electrons. The predicted molar refractivity (Wildman–Crippen MR) is 83.6 cm³/mol. The number of imidazole rings is 1. The molecule has 0 atom stereocenters. The van der Waals surface area contributed by atoms with Crippen molar-refractivity contribution >= 4 is 11.0 Å². The van der Waals surface area contributed by atoms with Crippen molar-refractivity contribution < 1.29 is 0 Å². The van der Waals surface area contributed by atoms with Crippen molar-refractivity contribution in [3.05, 3.63) is 53.6 Å². The molecule has 0 bridgehead atoms. The summed E-state index contributed by atoms with van der Waals surface area (Å²) in [6.45, 7) is 2.82. The predicted octanol–water partition coefficient (Wildman–Crippen LogP) is 3.43. The summed E-state index contributed by atoms with van der Waals surface area (Å²) in [5.74, 6) is 0.927. The van der Waals surface area contributed by atoms with E-state index in [1.807, 2.05) is 0 Å². The number of aromatic nitrogens is 2. The number of nitrogens with one attached hydrogen (secondary N) is 1. The lowest BCUT2D eigenvalue weighted by atomic mass is 10.1. The fraction of sp³-hybridized carbons (Fsp3) is 0.235. The minimum atomic E-state index is 0.732. The zero-order valence-corrected chi connectivity index (χ0v) is 11.7. The number of rotatable bonds is 4. The van der Waals surface area contributed by atoms with Crippen molar-refractivity contribution in [3.63, 3.8) is 0 Å². The third-order valence-corrected chi connectivity index (χ3v) is 3.54. The molecule has 0 aliphatic heterocycles. The van der Waals surface area contributed by atoms with E-state index in [0.29, 0.717) is 0 Å². The maximum absolute atomic E-state index is 5.56. The van der Waals surface area contributed by atoms with Crippen molar-refractivity contribution in [1.29, 1.82) is 0 Å². The van der Waals surface area contributed by atoms with Gasteiger partial charge in [0.05, 0.1) is 11.0 Å². The minimum absolute atomic E-state index is 0.732. The van der Waals surface area contributed by atoms with E-state index in [0.717, 1.165) is 41.8 Å². The number of nitrogens with two attached hydrogens (primary N) is 1. The maximum atomic E-state index is 5.56. The number of nitrogens with zero attached hydrogens (tertiary/aromatic N) is 1. The van der Waals surface area contributed by atoms with Gasteiger partial charge >= 0.3 is 0 Å². The van der Waals surface area contributed by atoms with Crippen molar-refractivity contribution in [2.24, 2.45) is 5.73 Å². The van der Waals surface area contributed by atoms with Crippen LogP contribution >= 0.6 is 0 Å². The highest BCUT2D eigenvalue weighted by Crippen LogP contribution is 2.22. The molecule has 0 unspecified atom stereocenters. The lowest BCUT2D eigenvalue weighted by molar-refractivity contribution is 0.833. The van der Waals surface area contributed by atoms with Gasteiger partial charge in [0.15, 0.2) is 0 Å². The molecule has 0 saturated heterocycles. The molecule has 0 saturated carbocycles. The lowest BCUT2D eigenvalue weighted by Gasteiger charge is -1.98. The molecule has 3 heteroatoms. The number of benzene rings is 2. The van der Waals surface area contributed by atoms with Crippen LogP contribution < -0.4 is 5.73 Å². The Labute approximate surface area is 118 Å². The fourth-order valence-corrected chi connectivity index (χ4v) is 2.37. The van der Waals surface area contributed by atoms with Gasteiger partial charge in [0.1, 0.15) is 5.82 Å². The molecule has 3 aromatic rings. The largest absolute Gasteiger partial charge is 0.338 e. The van der Waals surface area contributed by atoms with Crippen LogP contribution in [0, 0.1) is 6.92 Å². The van der Waals surface area contributed by atoms with E-state index >= 15 is 0 Å². The number of H-pyrrole nitrogens is 1. The molecule has 0 fully saturated rings. The third-order valence-electron chi connectivity index (χ3n) is 3.54. The lowest BCUT2D eigenvalue weighted by Crippen LogP contribution is -2.00. The van der Waals surface area contributed by atoms with E-state index in [1.165, 1.54) is 11.1 Å². The summed E-state index contributed by atoms with van der Waals surface area (Å²) in [7, 11) is 0. The maximum Gasteiger partial charge on any atom is 0.138 e. The molecule has 0 aliphatic carbocycles. The Kier molecular flexibility index (Phi) is 3.52. The van der Waals surface area contributed by atoms with Gasteiger partial charge < -0.3 is 10.7 Å². The number of aromatic amines is 1. The first-order chi connectivity index (χ1) is 9.76. The Morgan fingerprint density at radius 3 is 2.65 bits per heavy atom. The van der Waals surface area contributed by atoms with E-state index in [4.69, 9.17) is 5.73 Å². The SMILES string of the molecule is Cc1ccc(-c2nc3ccc(CCCN)cc3[nH]2)cc1. The number of hydrogen-bond donors (Lipinski definition) is 2. The highest BCUT2D eigenvalue weighted by molar-refractivity contribution is 5.80. The molecule has 1 heterocycles. The van der Waals surface area contributed by atoms with Gasteiger partial charge in [-0.3, -0.25) is 0 Å². The molecule has 20 heavy (non-hydrogen) atoms. The Hall–Kier alpha value is -2.13. The summed E-state index contributed by atoms with van der Waals surface area (Å²) in [5, 5.41) is 0. The van der Waals surface area contributed by atoms with Crippen LogP contribution in [0.3, 0.4) is 0 Å². The standard InChI is InChI=1S/C17H19N3/c1-12-4-7-14(8-5-12)17-19-15-9-6-13(3-2-10-18)11-16(15)20-17/h4-9,11H,2-3,10,18H2,1H3,(H,19,20). The van der Waals surface area contributed by atoms with Crippen molar-refractivity contribution in [3.8, 4) is 11.4 Å². The molecule has 0 amide bonds. The average molecular weight is 265 g/mol. The molecule has 0 spiro atoms. The van der Waals surface area contributed by atoms with Gasteiger partial charge in [0, 0.05) is 5.56 Å². The van der Waals surface area contributed by atoms with Crippen LogP contribution in [0.5, 0.6) is 0 Å². The summed E-state index contributed by atoms with van der Waals surface area (Å²) in [5.41, 5.74) is 11.4. The van der Waals surface area contributed by atoms with Crippen LogP contribution in [-0.2, 0) is 6.42 Å². The van der Waals surface area contributed by atoms with Crippen LogP contribution in [-0.4, -0.2) is 16.5 Å². The molecule has 0 radical (unpaired) electrons. The molecular weight excluding hydrogens is 246 g/mol. The van der Waals surface area contributed by atoms with E-state index in [2.05, 4.69) is 59.4 Å². The van der Waals surface area contributed by atoms with E-state index in [9.17, 15) is 0 Å². The zero-order valence-electron chi connectivity index (χ0n) is 11.7. The molecule has 2 aromatic carbocycles. The van der Waals surface area contributed by atoms with E-state index in [1.54, 1.807) is 0 Å². The summed E-state index contributed by atoms with van der Waals surface area (Å²) < 4.78 is 0. The van der Waals surface area contributed by atoms with Crippen LogP contribution in [0.15, 0.2) is 42.5 Å². The summed E-state index contributed by atoms with van der Waals surface area (Å²) in [6.07, 6.45) is 2.04. The Bertz CT molecular complexity index is 711. The second-order valence-electron chi connectivity index (χ2n) is 5.20. The van der Waals surface area contributed by atoms with E-state index in [-0.39, 0.29) is 0 Å². The van der Waals surface area contributed by atoms with Crippen LogP contribution in [0.25, 0.3) is 22.4 Å².